The maximum atomic E-state index is 11.9. The maximum absolute atomic E-state index is 11.9. The molecule has 1 aromatic heterocycles. The third-order valence-corrected chi connectivity index (χ3v) is 6.14. The molecule has 0 spiro atoms. The number of benzene rings is 1. The second-order valence-corrected chi connectivity index (χ2v) is 9.87. The minimum Gasteiger partial charge on any atom is -0.492 e. The standard InChI is InChI=1S/C22H28N2O5S/c1-16(2)29-22(25)24-12-10-17(11-13-24)15-28-19-6-9-21(23-14-19)18-4-7-20(8-5-18)30(3,26)27/h4-9,14,16-17H,10-13,15H2,1-3H3. The van der Waals surface area contributed by atoms with Gasteiger partial charge in [-0.25, -0.2) is 13.2 Å². The van der Waals surface area contributed by atoms with Crippen molar-refractivity contribution >= 4 is 15.9 Å². The van der Waals surface area contributed by atoms with Gasteiger partial charge in [0, 0.05) is 24.9 Å². The molecular weight excluding hydrogens is 404 g/mol. The minimum absolute atomic E-state index is 0.105. The number of nitrogens with zero attached hydrogens (tertiary/aromatic N) is 2. The Morgan fingerprint density at radius 3 is 2.33 bits per heavy atom. The van der Waals surface area contributed by atoms with Crippen molar-refractivity contribution in [3.8, 4) is 17.0 Å². The predicted molar refractivity (Wildman–Crippen MR) is 114 cm³/mol. The summed E-state index contributed by atoms with van der Waals surface area (Å²) in [6.45, 7) is 5.64. The maximum Gasteiger partial charge on any atom is 0.410 e. The third-order valence-electron chi connectivity index (χ3n) is 5.01. The van der Waals surface area contributed by atoms with Crippen molar-refractivity contribution in [2.24, 2.45) is 5.92 Å². The van der Waals surface area contributed by atoms with Crippen molar-refractivity contribution in [1.29, 1.82) is 0 Å². The number of rotatable bonds is 6. The van der Waals surface area contributed by atoms with Gasteiger partial charge in [0.15, 0.2) is 9.84 Å². The highest BCUT2D eigenvalue weighted by Gasteiger charge is 2.24. The lowest BCUT2D eigenvalue weighted by Crippen LogP contribution is -2.40. The quantitative estimate of drug-likeness (QED) is 0.690. The van der Waals surface area contributed by atoms with Crippen molar-refractivity contribution in [3.63, 3.8) is 0 Å². The predicted octanol–water partition coefficient (Wildman–Crippen LogP) is 3.79. The largest absolute Gasteiger partial charge is 0.492 e. The molecule has 2 aromatic rings. The summed E-state index contributed by atoms with van der Waals surface area (Å²) >= 11 is 0. The van der Waals surface area contributed by atoms with Gasteiger partial charge in [0.2, 0.25) is 0 Å². The Hall–Kier alpha value is -2.61. The summed E-state index contributed by atoms with van der Waals surface area (Å²) in [6.07, 6.45) is 4.28. The first-order chi connectivity index (χ1) is 14.2. The number of aromatic nitrogens is 1. The Morgan fingerprint density at radius 1 is 1.13 bits per heavy atom. The van der Waals surface area contributed by atoms with E-state index in [1.54, 1.807) is 35.4 Å². The van der Waals surface area contributed by atoms with Crippen molar-refractivity contribution < 1.29 is 22.7 Å². The minimum atomic E-state index is -3.21. The summed E-state index contributed by atoms with van der Waals surface area (Å²) in [5.74, 6) is 1.07. The van der Waals surface area contributed by atoms with Crippen molar-refractivity contribution in [1.82, 2.24) is 9.88 Å². The lowest BCUT2D eigenvalue weighted by atomic mass is 9.98. The molecule has 7 nitrogen and oxygen atoms in total. The Kier molecular flexibility index (Phi) is 6.97. The summed E-state index contributed by atoms with van der Waals surface area (Å²) in [5, 5.41) is 0. The zero-order valence-corrected chi connectivity index (χ0v) is 18.4. The molecule has 1 aliphatic rings. The van der Waals surface area contributed by atoms with Gasteiger partial charge < -0.3 is 14.4 Å². The number of amides is 1. The van der Waals surface area contributed by atoms with E-state index in [1.165, 1.54) is 6.26 Å². The van der Waals surface area contributed by atoms with Gasteiger partial charge in [0.05, 0.1) is 29.5 Å². The molecule has 0 atom stereocenters. The second-order valence-electron chi connectivity index (χ2n) is 7.85. The first-order valence-electron chi connectivity index (χ1n) is 10.1. The molecule has 0 N–H and O–H groups in total. The van der Waals surface area contributed by atoms with E-state index in [0.717, 1.165) is 24.1 Å². The van der Waals surface area contributed by atoms with Crippen LogP contribution in [0.25, 0.3) is 11.3 Å². The average Bonchev–Trinajstić information content (AvgIpc) is 2.72. The van der Waals surface area contributed by atoms with E-state index in [1.807, 2.05) is 26.0 Å². The van der Waals surface area contributed by atoms with E-state index in [2.05, 4.69) is 4.98 Å². The van der Waals surface area contributed by atoms with Gasteiger partial charge in [-0.15, -0.1) is 0 Å². The highest BCUT2D eigenvalue weighted by Crippen LogP contribution is 2.23. The highest BCUT2D eigenvalue weighted by atomic mass is 32.2. The van der Waals surface area contributed by atoms with Crippen LogP contribution in [-0.4, -0.2) is 56.5 Å². The number of ether oxygens (including phenoxy) is 2. The number of piperidine rings is 1. The Morgan fingerprint density at radius 2 is 1.80 bits per heavy atom. The first kappa shape index (κ1) is 22.1. The summed E-state index contributed by atoms with van der Waals surface area (Å²) in [4.78, 5) is 18.4. The van der Waals surface area contributed by atoms with E-state index in [0.29, 0.717) is 31.4 Å². The smallest absolute Gasteiger partial charge is 0.410 e. The second kappa shape index (κ2) is 9.47. The monoisotopic (exact) mass is 432 g/mol. The van der Waals surface area contributed by atoms with Crippen LogP contribution in [0.3, 0.4) is 0 Å². The van der Waals surface area contributed by atoms with Crippen LogP contribution in [0.4, 0.5) is 4.79 Å². The molecule has 2 heterocycles. The molecule has 0 aliphatic carbocycles. The Labute approximate surface area is 177 Å². The van der Waals surface area contributed by atoms with Crippen LogP contribution in [0.15, 0.2) is 47.5 Å². The lowest BCUT2D eigenvalue weighted by Gasteiger charge is -2.31. The van der Waals surface area contributed by atoms with Crippen LogP contribution in [0.2, 0.25) is 0 Å². The molecule has 1 saturated heterocycles. The molecule has 1 amide bonds. The molecule has 0 unspecified atom stereocenters. The SMILES string of the molecule is CC(C)OC(=O)N1CCC(COc2ccc(-c3ccc(S(C)(=O)=O)cc3)nc2)CC1. The molecule has 30 heavy (non-hydrogen) atoms. The van der Waals surface area contributed by atoms with Gasteiger partial charge in [-0.05, 0) is 56.9 Å². The molecule has 0 bridgehead atoms. The van der Waals surface area contributed by atoms with Crippen molar-refractivity contribution in [2.75, 3.05) is 26.0 Å². The number of likely N-dealkylation sites (tertiary alicyclic amines) is 1. The Balaban J connectivity index is 1.49. The molecular formula is C22H28N2O5S. The summed E-state index contributed by atoms with van der Waals surface area (Å²) in [7, 11) is -3.21. The van der Waals surface area contributed by atoms with E-state index < -0.39 is 9.84 Å². The van der Waals surface area contributed by atoms with Crippen molar-refractivity contribution in [2.45, 2.75) is 37.7 Å². The van der Waals surface area contributed by atoms with Gasteiger partial charge in [-0.3, -0.25) is 4.98 Å². The molecule has 8 heteroatoms. The number of carbonyl (C=O) groups is 1. The van der Waals surface area contributed by atoms with Crippen LogP contribution >= 0.6 is 0 Å². The van der Waals surface area contributed by atoms with E-state index in [-0.39, 0.29) is 17.1 Å². The lowest BCUT2D eigenvalue weighted by molar-refractivity contribution is 0.0608. The summed E-state index contributed by atoms with van der Waals surface area (Å²) in [6, 6.07) is 10.4. The molecule has 1 aromatic carbocycles. The molecule has 3 rings (SSSR count). The molecule has 162 valence electrons. The molecule has 0 radical (unpaired) electrons. The normalized spacial score (nSPS) is 15.3. The Bertz CT molecular complexity index is 948. The fourth-order valence-corrected chi connectivity index (χ4v) is 3.91. The number of hydrogen-bond donors (Lipinski definition) is 0. The number of pyridine rings is 1. The highest BCUT2D eigenvalue weighted by molar-refractivity contribution is 7.90. The van der Waals surface area contributed by atoms with Crippen LogP contribution in [0, 0.1) is 5.92 Å². The van der Waals surface area contributed by atoms with Crippen LogP contribution in [-0.2, 0) is 14.6 Å². The van der Waals surface area contributed by atoms with E-state index in [9.17, 15) is 13.2 Å². The number of sulfone groups is 1. The fraction of sp³-hybridized carbons (Fsp3) is 0.455. The van der Waals surface area contributed by atoms with Gasteiger partial charge >= 0.3 is 6.09 Å². The molecule has 1 aliphatic heterocycles. The van der Waals surface area contributed by atoms with Gasteiger partial charge in [0.25, 0.3) is 0 Å². The van der Waals surface area contributed by atoms with E-state index in [4.69, 9.17) is 9.47 Å². The zero-order valence-electron chi connectivity index (χ0n) is 17.6. The van der Waals surface area contributed by atoms with E-state index >= 15 is 0 Å². The van der Waals surface area contributed by atoms with Crippen LogP contribution in [0.5, 0.6) is 5.75 Å². The zero-order chi connectivity index (χ0) is 21.7. The van der Waals surface area contributed by atoms with Gasteiger partial charge in [-0.2, -0.15) is 0 Å². The number of hydrogen-bond acceptors (Lipinski definition) is 6. The number of carbonyl (C=O) groups excluding carboxylic acids is 1. The molecule has 1 fully saturated rings. The first-order valence-corrected chi connectivity index (χ1v) is 12.0. The molecule has 0 saturated carbocycles. The van der Waals surface area contributed by atoms with Crippen LogP contribution < -0.4 is 4.74 Å². The average molecular weight is 433 g/mol. The summed E-state index contributed by atoms with van der Waals surface area (Å²) < 4.78 is 34.3. The topological polar surface area (TPSA) is 85.8 Å². The third kappa shape index (κ3) is 5.95. The van der Waals surface area contributed by atoms with Crippen LogP contribution in [0.1, 0.15) is 26.7 Å². The van der Waals surface area contributed by atoms with Crippen molar-refractivity contribution in [3.05, 3.63) is 42.6 Å². The van der Waals surface area contributed by atoms with Gasteiger partial charge in [-0.1, -0.05) is 12.1 Å². The fourth-order valence-electron chi connectivity index (χ4n) is 3.28. The summed E-state index contributed by atoms with van der Waals surface area (Å²) in [5.41, 5.74) is 1.59. The van der Waals surface area contributed by atoms with Gasteiger partial charge in [0.1, 0.15) is 5.75 Å².